The molecule has 0 radical (unpaired) electrons. The van der Waals surface area contributed by atoms with E-state index in [1.165, 1.54) is 0 Å². The Balaban J connectivity index is 1.72. The van der Waals surface area contributed by atoms with Crippen molar-refractivity contribution in [3.8, 4) is 0 Å². The smallest absolute Gasteiger partial charge is 0.151 e. The zero-order valence-electron chi connectivity index (χ0n) is 10.3. The molecular formula is C11H23N3O2S. The molecule has 0 spiro atoms. The van der Waals surface area contributed by atoms with Crippen molar-refractivity contribution in [3.63, 3.8) is 0 Å². The summed E-state index contributed by atoms with van der Waals surface area (Å²) in [4.78, 5) is 2.38. The summed E-state index contributed by atoms with van der Waals surface area (Å²) in [7, 11) is -2.76. The molecule has 2 fully saturated rings. The molecule has 5 nitrogen and oxygen atoms in total. The van der Waals surface area contributed by atoms with Gasteiger partial charge in [-0.15, -0.1) is 0 Å². The van der Waals surface area contributed by atoms with Crippen LogP contribution in [0.15, 0.2) is 0 Å². The lowest BCUT2D eigenvalue weighted by atomic mass is 10.0. The van der Waals surface area contributed by atoms with E-state index in [4.69, 9.17) is 5.73 Å². The second-order valence-corrected chi connectivity index (χ2v) is 7.40. The molecular weight excluding hydrogens is 238 g/mol. The van der Waals surface area contributed by atoms with Gasteiger partial charge in [0.25, 0.3) is 0 Å². The maximum absolute atomic E-state index is 11.4. The highest BCUT2D eigenvalue weighted by molar-refractivity contribution is 7.91. The third kappa shape index (κ3) is 3.91. The zero-order chi connectivity index (χ0) is 12.3. The van der Waals surface area contributed by atoms with E-state index in [9.17, 15) is 8.42 Å². The first-order chi connectivity index (χ1) is 8.09. The van der Waals surface area contributed by atoms with Gasteiger partial charge in [-0.05, 0) is 32.4 Å². The van der Waals surface area contributed by atoms with Gasteiger partial charge in [0.05, 0.1) is 11.5 Å². The molecule has 2 aliphatic heterocycles. The van der Waals surface area contributed by atoms with Crippen LogP contribution < -0.4 is 11.1 Å². The largest absolute Gasteiger partial charge is 0.329 e. The number of sulfone groups is 1. The zero-order valence-corrected chi connectivity index (χ0v) is 11.1. The molecule has 0 saturated carbocycles. The van der Waals surface area contributed by atoms with Crippen LogP contribution in [-0.4, -0.2) is 63.1 Å². The Labute approximate surface area is 104 Å². The quantitative estimate of drug-likeness (QED) is 0.692. The summed E-state index contributed by atoms with van der Waals surface area (Å²) >= 11 is 0. The molecule has 6 heteroatoms. The second kappa shape index (κ2) is 5.65. The first-order valence-corrected chi connectivity index (χ1v) is 8.30. The van der Waals surface area contributed by atoms with Crippen LogP contribution in [0.2, 0.25) is 0 Å². The summed E-state index contributed by atoms with van der Waals surface area (Å²) in [5.74, 6) is 0.687. The summed E-state index contributed by atoms with van der Waals surface area (Å²) in [6, 6.07) is 0.674. The molecule has 0 bridgehead atoms. The molecule has 3 N–H and O–H groups in total. The lowest BCUT2D eigenvalue weighted by Gasteiger charge is -2.33. The Morgan fingerprint density at radius 3 is 2.41 bits per heavy atom. The van der Waals surface area contributed by atoms with Gasteiger partial charge in [-0.3, -0.25) is 0 Å². The molecule has 100 valence electrons. The predicted molar refractivity (Wildman–Crippen MR) is 68.7 cm³/mol. The third-order valence-corrected chi connectivity index (χ3v) is 5.50. The number of nitrogens with one attached hydrogen (secondary N) is 1. The van der Waals surface area contributed by atoms with Crippen molar-refractivity contribution in [3.05, 3.63) is 0 Å². The molecule has 0 aliphatic carbocycles. The monoisotopic (exact) mass is 261 g/mol. The standard InChI is InChI=1S/C11H23N3O2S/c12-4-7-14-5-1-10(2-6-14)13-11-3-8-17(15,16)9-11/h10-11,13H,1-9,12H2. The van der Waals surface area contributed by atoms with E-state index < -0.39 is 9.84 Å². The van der Waals surface area contributed by atoms with Gasteiger partial charge in [-0.25, -0.2) is 8.42 Å². The number of nitrogens with zero attached hydrogens (tertiary/aromatic N) is 1. The van der Waals surface area contributed by atoms with E-state index in [0.717, 1.165) is 45.4 Å². The Bertz CT molecular complexity index is 337. The average Bonchev–Trinajstić information content (AvgIpc) is 2.61. The topological polar surface area (TPSA) is 75.4 Å². The van der Waals surface area contributed by atoms with Crippen LogP contribution in [-0.2, 0) is 9.84 Å². The fourth-order valence-corrected chi connectivity index (χ4v) is 4.45. The molecule has 0 amide bonds. The van der Waals surface area contributed by atoms with Crippen LogP contribution in [0.4, 0.5) is 0 Å². The Kier molecular flexibility index (Phi) is 4.41. The van der Waals surface area contributed by atoms with Crippen LogP contribution in [0.1, 0.15) is 19.3 Å². The van der Waals surface area contributed by atoms with Gasteiger partial charge in [-0.2, -0.15) is 0 Å². The number of likely N-dealkylation sites (tertiary alicyclic amines) is 1. The molecule has 1 unspecified atom stereocenters. The van der Waals surface area contributed by atoms with Crippen LogP contribution in [0, 0.1) is 0 Å². The summed E-state index contributed by atoms with van der Waals surface area (Å²) in [6.07, 6.45) is 3.00. The summed E-state index contributed by atoms with van der Waals surface area (Å²) in [5, 5.41) is 3.50. The Morgan fingerprint density at radius 2 is 1.88 bits per heavy atom. The van der Waals surface area contributed by atoms with Gasteiger partial charge in [-0.1, -0.05) is 0 Å². The van der Waals surface area contributed by atoms with Gasteiger partial charge in [0, 0.05) is 25.2 Å². The highest BCUT2D eigenvalue weighted by atomic mass is 32.2. The van der Waals surface area contributed by atoms with Gasteiger partial charge in [0.2, 0.25) is 0 Å². The van der Waals surface area contributed by atoms with E-state index >= 15 is 0 Å². The van der Waals surface area contributed by atoms with Gasteiger partial charge < -0.3 is 16.0 Å². The van der Waals surface area contributed by atoms with E-state index in [1.54, 1.807) is 0 Å². The second-order valence-electron chi connectivity index (χ2n) is 5.17. The molecule has 17 heavy (non-hydrogen) atoms. The molecule has 2 saturated heterocycles. The molecule has 2 rings (SSSR count). The van der Waals surface area contributed by atoms with E-state index in [-0.39, 0.29) is 6.04 Å². The van der Waals surface area contributed by atoms with Crippen LogP contribution in [0.5, 0.6) is 0 Å². The van der Waals surface area contributed by atoms with Crippen molar-refractivity contribution >= 4 is 9.84 Å². The number of piperidine rings is 1. The lowest BCUT2D eigenvalue weighted by molar-refractivity contribution is 0.197. The highest BCUT2D eigenvalue weighted by Crippen LogP contribution is 2.16. The minimum atomic E-state index is -2.76. The molecule has 1 atom stereocenters. The molecule has 2 aliphatic rings. The summed E-state index contributed by atoms with van der Waals surface area (Å²) in [6.45, 7) is 3.85. The maximum atomic E-state index is 11.4. The van der Waals surface area contributed by atoms with E-state index in [2.05, 4.69) is 10.2 Å². The van der Waals surface area contributed by atoms with Crippen LogP contribution in [0.3, 0.4) is 0 Å². The normalized spacial score (nSPS) is 30.8. The van der Waals surface area contributed by atoms with Crippen LogP contribution >= 0.6 is 0 Å². The Hall–Kier alpha value is -0.170. The molecule has 0 aromatic rings. The first kappa shape index (κ1) is 13.3. The fraction of sp³-hybridized carbons (Fsp3) is 1.00. The van der Waals surface area contributed by atoms with Gasteiger partial charge >= 0.3 is 0 Å². The highest BCUT2D eigenvalue weighted by Gasteiger charge is 2.30. The number of rotatable bonds is 4. The first-order valence-electron chi connectivity index (χ1n) is 6.48. The fourth-order valence-electron chi connectivity index (χ4n) is 2.77. The van der Waals surface area contributed by atoms with Crippen molar-refractivity contribution in [1.29, 1.82) is 0 Å². The molecule has 2 heterocycles. The van der Waals surface area contributed by atoms with Crippen molar-refractivity contribution in [2.45, 2.75) is 31.3 Å². The van der Waals surface area contributed by atoms with E-state index in [0.29, 0.717) is 17.5 Å². The van der Waals surface area contributed by atoms with Gasteiger partial charge in [0.15, 0.2) is 9.84 Å². The number of nitrogens with two attached hydrogens (primary N) is 1. The SMILES string of the molecule is NCCN1CCC(NC2CCS(=O)(=O)C2)CC1. The number of hydrogen-bond acceptors (Lipinski definition) is 5. The molecule has 0 aromatic carbocycles. The minimum Gasteiger partial charge on any atom is -0.329 e. The van der Waals surface area contributed by atoms with Crippen molar-refractivity contribution in [2.75, 3.05) is 37.7 Å². The average molecular weight is 261 g/mol. The third-order valence-electron chi connectivity index (χ3n) is 3.74. The number of hydrogen-bond donors (Lipinski definition) is 2. The van der Waals surface area contributed by atoms with Crippen molar-refractivity contribution in [2.24, 2.45) is 5.73 Å². The van der Waals surface area contributed by atoms with Crippen LogP contribution in [0.25, 0.3) is 0 Å². The summed E-state index contributed by atoms with van der Waals surface area (Å²) in [5.41, 5.74) is 5.53. The van der Waals surface area contributed by atoms with Gasteiger partial charge in [0.1, 0.15) is 0 Å². The lowest BCUT2D eigenvalue weighted by Crippen LogP contribution is -2.47. The Morgan fingerprint density at radius 1 is 1.18 bits per heavy atom. The van der Waals surface area contributed by atoms with E-state index in [1.807, 2.05) is 0 Å². The molecule has 0 aromatic heterocycles. The minimum absolute atomic E-state index is 0.186. The predicted octanol–water partition coefficient (Wildman–Crippen LogP) is -0.814. The van der Waals surface area contributed by atoms with Crippen molar-refractivity contribution < 1.29 is 8.42 Å². The van der Waals surface area contributed by atoms with Crippen molar-refractivity contribution in [1.82, 2.24) is 10.2 Å². The maximum Gasteiger partial charge on any atom is 0.151 e. The summed E-state index contributed by atoms with van der Waals surface area (Å²) < 4.78 is 22.7.